The summed E-state index contributed by atoms with van der Waals surface area (Å²) >= 11 is 0. The Kier molecular flexibility index (Phi) is 5.79. The van der Waals surface area contributed by atoms with Crippen LogP contribution in [0.2, 0.25) is 0 Å². The number of imidazole rings is 1. The second-order valence-corrected chi connectivity index (χ2v) is 3.73. The van der Waals surface area contributed by atoms with Gasteiger partial charge in [0.05, 0.1) is 10.7 Å². The van der Waals surface area contributed by atoms with Crippen LogP contribution in [0.25, 0.3) is 23.7 Å². The van der Waals surface area contributed by atoms with E-state index in [4.69, 9.17) is 5.73 Å². The van der Waals surface area contributed by atoms with Crippen LogP contribution in [0.3, 0.4) is 0 Å². The Hall–Kier alpha value is -2.10. The number of aromatic amines is 1. The first-order valence-corrected chi connectivity index (χ1v) is 6.70. The van der Waals surface area contributed by atoms with Gasteiger partial charge in [0, 0.05) is 0 Å². The smallest absolute Gasteiger partial charge is 0.157 e. The lowest BCUT2D eigenvalue weighted by Gasteiger charge is -1.96. The van der Waals surface area contributed by atoms with Crippen LogP contribution < -0.4 is 16.4 Å². The first kappa shape index (κ1) is 15.0. The van der Waals surface area contributed by atoms with Crippen molar-refractivity contribution in [3.63, 3.8) is 0 Å². The van der Waals surface area contributed by atoms with Gasteiger partial charge in [0.1, 0.15) is 11.5 Å². The first-order chi connectivity index (χ1) is 9.24. The highest BCUT2D eigenvalue weighted by atomic mass is 15.0. The Morgan fingerprint density at radius 2 is 2.00 bits per heavy atom. The number of nitrogens with zero attached hydrogens (tertiary/aromatic N) is 2. The maximum atomic E-state index is 5.66. The molecule has 0 atom stereocenters. The van der Waals surface area contributed by atoms with Gasteiger partial charge >= 0.3 is 0 Å². The summed E-state index contributed by atoms with van der Waals surface area (Å²) in [5.74, 6) is 1.26. The third-order valence-electron chi connectivity index (χ3n) is 2.46. The van der Waals surface area contributed by atoms with E-state index in [0.29, 0.717) is 5.82 Å². The van der Waals surface area contributed by atoms with Crippen LogP contribution in [-0.4, -0.2) is 15.0 Å². The van der Waals surface area contributed by atoms with Gasteiger partial charge in [-0.25, -0.2) is 9.97 Å². The van der Waals surface area contributed by atoms with Crippen LogP contribution in [0.4, 0.5) is 5.82 Å². The zero-order chi connectivity index (χ0) is 14.3. The molecule has 19 heavy (non-hydrogen) atoms. The molecule has 0 unspecified atom stereocenters. The second kappa shape index (κ2) is 7.36. The van der Waals surface area contributed by atoms with E-state index >= 15 is 0 Å². The topological polar surface area (TPSA) is 67.6 Å². The Bertz CT molecular complexity index is 626. The molecule has 0 radical (unpaired) electrons. The Morgan fingerprint density at radius 1 is 1.26 bits per heavy atom. The van der Waals surface area contributed by atoms with E-state index in [9.17, 15) is 0 Å². The fraction of sp³-hybridized carbons (Fsp3) is 0.333. The van der Waals surface area contributed by atoms with E-state index in [2.05, 4.69) is 28.0 Å². The molecule has 4 heteroatoms. The van der Waals surface area contributed by atoms with Crippen LogP contribution in [0.5, 0.6) is 0 Å². The molecule has 0 aliphatic rings. The van der Waals surface area contributed by atoms with Crippen molar-refractivity contribution >= 4 is 18.0 Å². The Labute approximate surface area is 114 Å². The molecular weight excluding hydrogens is 236 g/mol. The molecule has 0 saturated heterocycles. The number of anilines is 1. The summed E-state index contributed by atoms with van der Waals surface area (Å²) in [6.07, 6.45) is 5.05. The predicted molar refractivity (Wildman–Crippen MR) is 81.7 cm³/mol. The molecule has 0 aliphatic carbocycles. The molecule has 0 aliphatic heterocycles. The van der Waals surface area contributed by atoms with Gasteiger partial charge in [0.15, 0.2) is 5.82 Å². The molecule has 0 amide bonds. The van der Waals surface area contributed by atoms with Crippen LogP contribution in [0.15, 0.2) is 18.2 Å². The predicted octanol–water partition coefficient (Wildman–Crippen LogP) is 2.07. The number of pyridine rings is 1. The van der Waals surface area contributed by atoms with Crippen LogP contribution in [0.1, 0.15) is 34.1 Å². The van der Waals surface area contributed by atoms with Crippen molar-refractivity contribution in [1.82, 2.24) is 15.0 Å². The van der Waals surface area contributed by atoms with Crippen molar-refractivity contribution in [2.45, 2.75) is 34.1 Å². The molecule has 0 aromatic carbocycles. The van der Waals surface area contributed by atoms with Gasteiger partial charge in [-0.3, -0.25) is 0 Å². The standard InChI is InChI=1S/C13H16N4.C2H6/c1-3-6-10-9(4-2)16-13(17-10)11-7-5-8-12(14)15-11;1-2/h4-8H,3H2,1-2H3,(H2,14,15)(H,16,17);1-2H3/b9-4+,10-6+;. The van der Waals surface area contributed by atoms with Gasteiger partial charge in [0.2, 0.25) is 0 Å². The second-order valence-electron chi connectivity index (χ2n) is 3.73. The normalized spacial score (nSPS) is 12.2. The van der Waals surface area contributed by atoms with Crippen molar-refractivity contribution < 1.29 is 0 Å². The van der Waals surface area contributed by atoms with E-state index in [0.717, 1.165) is 28.6 Å². The third kappa shape index (κ3) is 3.68. The summed E-state index contributed by atoms with van der Waals surface area (Å²) in [7, 11) is 0. The molecule has 102 valence electrons. The number of nitrogens with one attached hydrogen (secondary N) is 1. The third-order valence-corrected chi connectivity index (χ3v) is 2.46. The molecule has 0 bridgehead atoms. The van der Waals surface area contributed by atoms with Gasteiger partial charge in [-0.15, -0.1) is 0 Å². The lowest BCUT2D eigenvalue weighted by molar-refractivity contribution is 1.21. The van der Waals surface area contributed by atoms with Crippen molar-refractivity contribution in [3.8, 4) is 11.5 Å². The Balaban J connectivity index is 0.000000861. The number of rotatable bonds is 2. The molecule has 4 nitrogen and oxygen atoms in total. The summed E-state index contributed by atoms with van der Waals surface area (Å²) in [6, 6.07) is 5.53. The van der Waals surface area contributed by atoms with Gasteiger partial charge in [-0.05, 0) is 25.5 Å². The molecule has 2 aromatic rings. The number of aromatic nitrogens is 3. The Morgan fingerprint density at radius 3 is 2.58 bits per heavy atom. The van der Waals surface area contributed by atoms with Crippen LogP contribution in [-0.2, 0) is 0 Å². The highest BCUT2D eigenvalue weighted by Crippen LogP contribution is 2.10. The van der Waals surface area contributed by atoms with E-state index < -0.39 is 0 Å². The molecule has 0 saturated carbocycles. The van der Waals surface area contributed by atoms with Crippen LogP contribution in [0, 0.1) is 0 Å². The summed E-state index contributed by atoms with van der Waals surface area (Å²) in [5.41, 5.74) is 6.43. The maximum absolute atomic E-state index is 5.66. The van der Waals surface area contributed by atoms with Crippen molar-refractivity contribution in [2.24, 2.45) is 0 Å². The largest absolute Gasteiger partial charge is 0.384 e. The SMILES string of the molecule is C/C=c1/nc(-c2cccc(N)n2)[nH]/c1=C/CC.CC. The monoisotopic (exact) mass is 258 g/mol. The minimum atomic E-state index is 0.502. The molecule has 3 N–H and O–H groups in total. The van der Waals surface area contributed by atoms with Gasteiger partial charge in [-0.1, -0.05) is 39.0 Å². The minimum absolute atomic E-state index is 0.502. The zero-order valence-corrected chi connectivity index (χ0v) is 12.1. The number of H-pyrrole nitrogens is 1. The van der Waals surface area contributed by atoms with E-state index in [1.807, 2.05) is 39.0 Å². The average molecular weight is 258 g/mol. The van der Waals surface area contributed by atoms with Crippen molar-refractivity contribution in [1.29, 1.82) is 0 Å². The van der Waals surface area contributed by atoms with Gasteiger partial charge < -0.3 is 10.7 Å². The minimum Gasteiger partial charge on any atom is -0.384 e. The van der Waals surface area contributed by atoms with E-state index in [-0.39, 0.29) is 0 Å². The van der Waals surface area contributed by atoms with E-state index in [1.165, 1.54) is 0 Å². The maximum Gasteiger partial charge on any atom is 0.157 e. The fourth-order valence-corrected chi connectivity index (χ4v) is 1.68. The fourth-order valence-electron chi connectivity index (χ4n) is 1.68. The summed E-state index contributed by atoms with van der Waals surface area (Å²) in [6.45, 7) is 8.07. The number of hydrogen-bond donors (Lipinski definition) is 2. The first-order valence-electron chi connectivity index (χ1n) is 6.70. The van der Waals surface area contributed by atoms with E-state index in [1.54, 1.807) is 6.07 Å². The highest BCUT2D eigenvalue weighted by molar-refractivity contribution is 5.52. The lowest BCUT2D eigenvalue weighted by Crippen LogP contribution is -2.23. The number of nitrogen functional groups attached to an aromatic ring is 1. The quantitative estimate of drug-likeness (QED) is 0.866. The highest BCUT2D eigenvalue weighted by Gasteiger charge is 2.03. The summed E-state index contributed by atoms with van der Waals surface area (Å²) < 4.78 is 0. The van der Waals surface area contributed by atoms with Gasteiger partial charge in [-0.2, -0.15) is 0 Å². The average Bonchev–Trinajstić information content (AvgIpc) is 2.85. The number of nitrogens with two attached hydrogens (primary N) is 1. The summed E-state index contributed by atoms with van der Waals surface area (Å²) in [4.78, 5) is 12.0. The van der Waals surface area contributed by atoms with Crippen LogP contribution >= 0.6 is 0 Å². The molecule has 2 rings (SSSR count). The molecule has 2 aromatic heterocycles. The van der Waals surface area contributed by atoms with Gasteiger partial charge in [0.25, 0.3) is 0 Å². The summed E-state index contributed by atoms with van der Waals surface area (Å²) in [5, 5.41) is 1.99. The zero-order valence-electron chi connectivity index (χ0n) is 12.1. The molecule has 2 heterocycles. The molecule has 0 spiro atoms. The van der Waals surface area contributed by atoms with Crippen molar-refractivity contribution in [3.05, 3.63) is 28.9 Å². The molecule has 0 fully saturated rings. The number of hydrogen-bond acceptors (Lipinski definition) is 3. The van der Waals surface area contributed by atoms with Crippen molar-refractivity contribution in [2.75, 3.05) is 5.73 Å². The molecular formula is C15H22N4. The lowest BCUT2D eigenvalue weighted by atomic mass is 10.3.